The molecule has 2 aliphatic heterocycles. The molecule has 0 spiro atoms. The molecule has 5 heteroatoms. The average molecular weight is 339 g/mol. The van der Waals surface area contributed by atoms with Crippen molar-refractivity contribution in [3.63, 3.8) is 0 Å². The minimum atomic E-state index is -0.702. The van der Waals surface area contributed by atoms with Crippen LogP contribution in [0.1, 0.15) is 67.7 Å². The summed E-state index contributed by atoms with van der Waals surface area (Å²) in [6.07, 6.45) is 6.93. The van der Waals surface area contributed by atoms with Crippen molar-refractivity contribution >= 4 is 6.09 Å². The van der Waals surface area contributed by atoms with Gasteiger partial charge in [0.15, 0.2) is 0 Å². The smallest absolute Gasteiger partial charge is 0.413 e. The van der Waals surface area contributed by atoms with Gasteiger partial charge in [0.1, 0.15) is 11.3 Å². The molecule has 1 saturated heterocycles. The lowest BCUT2D eigenvalue weighted by Gasteiger charge is -2.37. The van der Waals surface area contributed by atoms with E-state index in [1.165, 1.54) is 0 Å². The Morgan fingerprint density at radius 2 is 2.00 bits per heavy atom. The molecule has 2 aliphatic rings. The van der Waals surface area contributed by atoms with Crippen molar-refractivity contribution in [2.45, 2.75) is 96.8 Å². The summed E-state index contributed by atoms with van der Waals surface area (Å²) >= 11 is 0. The highest BCUT2D eigenvalue weighted by atomic mass is 16.6. The number of unbranched alkanes of at least 4 members (excludes halogenated alkanes) is 1. The first-order chi connectivity index (χ1) is 11.0. The zero-order chi connectivity index (χ0) is 18.2. The van der Waals surface area contributed by atoms with E-state index in [0.29, 0.717) is 6.61 Å². The Morgan fingerprint density at radius 1 is 1.33 bits per heavy atom. The maximum absolute atomic E-state index is 12.7. The Kier molecular flexibility index (Phi) is 5.36. The second kappa shape index (κ2) is 6.68. The van der Waals surface area contributed by atoms with Crippen LogP contribution in [0.15, 0.2) is 12.2 Å². The molecule has 2 rings (SSSR count). The van der Waals surface area contributed by atoms with E-state index in [4.69, 9.17) is 14.2 Å². The number of rotatable bonds is 4. The third-order valence-corrected chi connectivity index (χ3v) is 4.56. The summed E-state index contributed by atoms with van der Waals surface area (Å²) in [4.78, 5) is 14.4. The van der Waals surface area contributed by atoms with Gasteiger partial charge in [0.25, 0.3) is 0 Å². The van der Waals surface area contributed by atoms with E-state index in [1.54, 1.807) is 4.90 Å². The van der Waals surface area contributed by atoms with E-state index >= 15 is 0 Å². The molecule has 2 unspecified atom stereocenters. The summed E-state index contributed by atoms with van der Waals surface area (Å²) in [5, 5.41) is 0. The van der Waals surface area contributed by atoms with Crippen molar-refractivity contribution in [3.05, 3.63) is 12.2 Å². The van der Waals surface area contributed by atoms with Gasteiger partial charge in [-0.2, -0.15) is 0 Å². The fraction of sp³-hybridized carbons (Fsp3) is 0.842. The number of carbonyl (C=O) groups excluding carboxylic acids is 1. The molecule has 1 fully saturated rings. The Morgan fingerprint density at radius 3 is 2.58 bits per heavy atom. The van der Waals surface area contributed by atoms with E-state index in [1.807, 2.05) is 34.6 Å². The highest BCUT2D eigenvalue weighted by molar-refractivity contribution is 5.70. The first-order valence-electron chi connectivity index (χ1n) is 9.01. The van der Waals surface area contributed by atoms with Gasteiger partial charge in [0, 0.05) is 0 Å². The molecular weight excluding hydrogens is 306 g/mol. The summed E-state index contributed by atoms with van der Waals surface area (Å²) in [5.74, 6) is 0. The van der Waals surface area contributed by atoms with Crippen molar-refractivity contribution < 1.29 is 19.0 Å². The molecule has 0 bridgehead atoms. The molecule has 0 N–H and O–H groups in total. The van der Waals surface area contributed by atoms with Crippen LogP contribution in [0.25, 0.3) is 0 Å². The SMILES string of the molecule is CCCCC1(C)C=CC([C@@H]2COC(C)(C)N2C(=O)OC(C)(C)C)O1. The van der Waals surface area contributed by atoms with Gasteiger partial charge in [-0.3, -0.25) is 4.90 Å². The molecule has 0 aromatic heterocycles. The van der Waals surface area contributed by atoms with Gasteiger partial charge in [-0.15, -0.1) is 0 Å². The molecule has 3 atom stereocenters. The molecule has 5 nitrogen and oxygen atoms in total. The van der Waals surface area contributed by atoms with Crippen LogP contribution in [-0.4, -0.2) is 46.7 Å². The number of hydrogen-bond donors (Lipinski definition) is 0. The lowest BCUT2D eigenvalue weighted by molar-refractivity contribution is -0.0791. The van der Waals surface area contributed by atoms with Crippen LogP contribution in [-0.2, 0) is 14.2 Å². The standard InChI is InChI=1S/C19H33NO4/c1-8-9-11-19(7)12-10-15(23-19)14-13-22-18(5,6)20(14)16(21)24-17(2,3)4/h10,12,14-15H,8-9,11,13H2,1-7H3/t14-,15?,19?/m0/s1. The summed E-state index contributed by atoms with van der Waals surface area (Å²) in [5.41, 5.74) is -1.50. The van der Waals surface area contributed by atoms with Gasteiger partial charge in [-0.25, -0.2) is 4.79 Å². The van der Waals surface area contributed by atoms with Crippen LogP contribution < -0.4 is 0 Å². The fourth-order valence-electron chi connectivity index (χ4n) is 3.31. The molecule has 0 radical (unpaired) electrons. The number of ether oxygens (including phenoxy) is 3. The molecule has 0 aromatic carbocycles. The van der Waals surface area contributed by atoms with E-state index in [2.05, 4.69) is 26.0 Å². The first kappa shape index (κ1) is 19.3. The molecule has 138 valence electrons. The highest BCUT2D eigenvalue weighted by Crippen LogP contribution is 2.37. The van der Waals surface area contributed by atoms with E-state index in [0.717, 1.165) is 19.3 Å². The minimum absolute atomic E-state index is 0.166. The van der Waals surface area contributed by atoms with Crippen LogP contribution in [0, 0.1) is 0 Å². The van der Waals surface area contributed by atoms with Gasteiger partial charge in [0.2, 0.25) is 0 Å². The minimum Gasteiger partial charge on any atom is -0.444 e. The molecule has 0 saturated carbocycles. The maximum atomic E-state index is 12.7. The third kappa shape index (κ3) is 4.31. The van der Waals surface area contributed by atoms with Gasteiger partial charge in [-0.05, 0) is 48.0 Å². The molecule has 0 aliphatic carbocycles. The van der Waals surface area contributed by atoms with Crippen LogP contribution >= 0.6 is 0 Å². The van der Waals surface area contributed by atoms with Crippen molar-refractivity contribution in [1.82, 2.24) is 4.90 Å². The Balaban J connectivity index is 2.12. The van der Waals surface area contributed by atoms with Crippen LogP contribution in [0.2, 0.25) is 0 Å². The van der Waals surface area contributed by atoms with Crippen molar-refractivity contribution in [3.8, 4) is 0 Å². The monoisotopic (exact) mass is 339 g/mol. The van der Waals surface area contributed by atoms with E-state index in [-0.39, 0.29) is 23.8 Å². The summed E-state index contributed by atoms with van der Waals surface area (Å²) in [6, 6.07) is -0.172. The van der Waals surface area contributed by atoms with Gasteiger partial charge in [0.05, 0.1) is 24.4 Å². The summed E-state index contributed by atoms with van der Waals surface area (Å²) in [7, 11) is 0. The normalized spacial score (nSPS) is 32.4. The molecule has 0 aromatic rings. The Labute approximate surface area is 146 Å². The predicted molar refractivity (Wildman–Crippen MR) is 93.8 cm³/mol. The zero-order valence-corrected chi connectivity index (χ0v) is 16.2. The van der Waals surface area contributed by atoms with Gasteiger partial charge >= 0.3 is 6.09 Å². The Hall–Kier alpha value is -1.07. The lowest BCUT2D eigenvalue weighted by atomic mass is 10.00. The maximum Gasteiger partial charge on any atom is 0.413 e. The quantitative estimate of drug-likeness (QED) is 0.718. The van der Waals surface area contributed by atoms with Crippen LogP contribution in [0.3, 0.4) is 0 Å². The summed E-state index contributed by atoms with van der Waals surface area (Å²) < 4.78 is 17.8. The van der Waals surface area contributed by atoms with Crippen LogP contribution in [0.5, 0.6) is 0 Å². The number of hydrogen-bond acceptors (Lipinski definition) is 4. The van der Waals surface area contributed by atoms with Gasteiger partial charge < -0.3 is 14.2 Å². The molecule has 1 amide bonds. The number of carbonyl (C=O) groups is 1. The predicted octanol–water partition coefficient (Wildman–Crippen LogP) is 4.26. The second-order valence-corrected chi connectivity index (χ2v) is 8.53. The number of nitrogens with zero attached hydrogens (tertiary/aromatic N) is 1. The van der Waals surface area contributed by atoms with E-state index < -0.39 is 11.3 Å². The fourth-order valence-corrected chi connectivity index (χ4v) is 3.31. The average Bonchev–Trinajstić information content (AvgIpc) is 2.95. The topological polar surface area (TPSA) is 48.0 Å². The number of amides is 1. The van der Waals surface area contributed by atoms with Crippen molar-refractivity contribution in [2.24, 2.45) is 0 Å². The van der Waals surface area contributed by atoms with E-state index in [9.17, 15) is 4.79 Å². The third-order valence-electron chi connectivity index (χ3n) is 4.56. The first-order valence-corrected chi connectivity index (χ1v) is 9.01. The van der Waals surface area contributed by atoms with Crippen molar-refractivity contribution in [1.29, 1.82) is 0 Å². The lowest BCUT2D eigenvalue weighted by Crippen LogP contribution is -2.53. The van der Waals surface area contributed by atoms with Crippen molar-refractivity contribution in [2.75, 3.05) is 6.61 Å². The second-order valence-electron chi connectivity index (χ2n) is 8.53. The largest absolute Gasteiger partial charge is 0.444 e. The molecule has 24 heavy (non-hydrogen) atoms. The van der Waals surface area contributed by atoms with Gasteiger partial charge in [-0.1, -0.05) is 31.9 Å². The highest BCUT2D eigenvalue weighted by Gasteiger charge is 2.50. The summed E-state index contributed by atoms with van der Waals surface area (Å²) in [6.45, 7) is 14.1. The van der Waals surface area contributed by atoms with Crippen LogP contribution in [0.4, 0.5) is 4.79 Å². The molecular formula is C19H33NO4. The Bertz CT molecular complexity index is 494. The molecule has 2 heterocycles. The zero-order valence-electron chi connectivity index (χ0n) is 16.2.